The van der Waals surface area contributed by atoms with Crippen LogP contribution in [-0.4, -0.2) is 0 Å². The van der Waals surface area contributed by atoms with E-state index in [1.165, 1.54) is 0 Å². The van der Waals surface area contributed by atoms with Crippen molar-refractivity contribution in [3.63, 3.8) is 0 Å². The molecule has 0 saturated heterocycles. The van der Waals surface area contributed by atoms with E-state index in [9.17, 15) is 5.11 Å². The maximum Gasteiger partial charge on any atom is 0.172 e. The first kappa shape index (κ1) is 6.36. The van der Waals surface area contributed by atoms with Gasteiger partial charge in [-0.05, 0) is 26.7 Å². The van der Waals surface area contributed by atoms with Crippen molar-refractivity contribution >= 4 is 0 Å². The second-order valence-corrected chi connectivity index (χ2v) is 2.48. The lowest BCUT2D eigenvalue weighted by Gasteiger charge is -2.04. The van der Waals surface area contributed by atoms with Crippen molar-refractivity contribution in [2.24, 2.45) is 5.41 Å². The Morgan fingerprint density at radius 2 is 1.71 bits per heavy atom. The molecule has 0 atom stereocenters. The van der Waals surface area contributed by atoms with Crippen LogP contribution in [0.25, 0.3) is 0 Å². The molecular formula is C6H9O. The van der Waals surface area contributed by atoms with Crippen LogP contribution in [0.1, 0.15) is 20.8 Å². The van der Waals surface area contributed by atoms with E-state index >= 15 is 0 Å². The Labute approximate surface area is 44.4 Å². The van der Waals surface area contributed by atoms with Crippen LogP contribution in [0.2, 0.25) is 0 Å². The van der Waals surface area contributed by atoms with Crippen LogP contribution >= 0.6 is 0 Å². The van der Waals surface area contributed by atoms with Gasteiger partial charge in [-0.3, -0.25) is 0 Å². The molecule has 0 aliphatic carbocycles. The quantitative estimate of drug-likeness (QED) is 0.407. The van der Waals surface area contributed by atoms with Gasteiger partial charge in [0, 0.05) is 5.41 Å². The van der Waals surface area contributed by atoms with E-state index in [-0.39, 0.29) is 5.41 Å². The lowest BCUT2D eigenvalue weighted by atomic mass is 9.99. The Morgan fingerprint density at radius 1 is 1.29 bits per heavy atom. The van der Waals surface area contributed by atoms with E-state index in [1.54, 1.807) is 6.11 Å². The van der Waals surface area contributed by atoms with Crippen molar-refractivity contribution in [3.8, 4) is 12.0 Å². The van der Waals surface area contributed by atoms with E-state index in [0.29, 0.717) is 0 Å². The highest BCUT2D eigenvalue weighted by atomic mass is 16.2. The topological polar surface area (TPSA) is 19.9 Å². The molecule has 0 unspecified atom stereocenters. The molecule has 1 heteroatoms. The van der Waals surface area contributed by atoms with Crippen molar-refractivity contribution in [1.29, 1.82) is 0 Å². The highest BCUT2D eigenvalue weighted by molar-refractivity contribution is 5.00. The Bertz CT molecular complexity index is 97.6. The van der Waals surface area contributed by atoms with E-state index in [0.717, 1.165) is 0 Å². The van der Waals surface area contributed by atoms with Crippen LogP contribution in [0.4, 0.5) is 0 Å². The predicted molar refractivity (Wildman–Crippen MR) is 27.9 cm³/mol. The van der Waals surface area contributed by atoms with Gasteiger partial charge >= 0.3 is 0 Å². The summed E-state index contributed by atoms with van der Waals surface area (Å²) >= 11 is 0. The highest BCUT2D eigenvalue weighted by Gasteiger charge is 2.02. The minimum absolute atomic E-state index is 0.123. The van der Waals surface area contributed by atoms with Crippen LogP contribution in [0.15, 0.2) is 0 Å². The lowest BCUT2D eigenvalue weighted by molar-refractivity contribution is 0.386. The zero-order chi connectivity index (χ0) is 5.91. The molecule has 0 amide bonds. The molecule has 0 fully saturated rings. The SMILES string of the molecule is CC(C)(C)C#C[O]. The van der Waals surface area contributed by atoms with Crippen LogP contribution in [-0.2, 0) is 5.11 Å². The predicted octanol–water partition coefficient (Wildman–Crippen LogP) is 1.42. The fraction of sp³-hybridized carbons (Fsp3) is 0.667. The first-order valence-electron chi connectivity index (χ1n) is 2.20. The average molecular weight is 97.1 g/mol. The third kappa shape index (κ3) is 5.36. The number of hydrogen-bond acceptors (Lipinski definition) is 0. The van der Waals surface area contributed by atoms with Crippen molar-refractivity contribution in [2.75, 3.05) is 0 Å². The zero-order valence-corrected chi connectivity index (χ0v) is 4.91. The molecule has 1 nitrogen and oxygen atoms in total. The van der Waals surface area contributed by atoms with Crippen molar-refractivity contribution in [1.82, 2.24) is 0 Å². The van der Waals surface area contributed by atoms with E-state index in [2.05, 4.69) is 5.92 Å². The fourth-order valence-corrected chi connectivity index (χ4v) is 0.153. The van der Waals surface area contributed by atoms with Crippen molar-refractivity contribution < 1.29 is 5.11 Å². The van der Waals surface area contributed by atoms with E-state index in [1.807, 2.05) is 20.8 Å². The van der Waals surface area contributed by atoms with Gasteiger partial charge in [0.2, 0.25) is 0 Å². The van der Waals surface area contributed by atoms with Gasteiger partial charge in [-0.2, -0.15) is 0 Å². The Morgan fingerprint density at radius 3 is 1.71 bits per heavy atom. The highest BCUT2D eigenvalue weighted by Crippen LogP contribution is 2.08. The summed E-state index contributed by atoms with van der Waals surface area (Å²) in [6.45, 7) is 5.70. The zero-order valence-electron chi connectivity index (χ0n) is 4.91. The van der Waals surface area contributed by atoms with Crippen LogP contribution < -0.4 is 0 Å². The van der Waals surface area contributed by atoms with Gasteiger partial charge in [0.15, 0.2) is 6.11 Å². The monoisotopic (exact) mass is 97.1 g/mol. The van der Waals surface area contributed by atoms with Gasteiger partial charge in [0.25, 0.3) is 0 Å². The summed E-state index contributed by atoms with van der Waals surface area (Å²) in [6, 6.07) is 0. The standard InChI is InChI=1S/C6H9O/c1-6(2,3)4-5-7/h1-3H3. The summed E-state index contributed by atoms with van der Waals surface area (Å²) in [5, 5.41) is 9.58. The molecular weight excluding hydrogens is 88.1 g/mol. The van der Waals surface area contributed by atoms with Crippen LogP contribution in [0, 0.1) is 17.4 Å². The third-order valence-corrected chi connectivity index (χ3v) is 0.426. The smallest absolute Gasteiger partial charge is 0.172 e. The fourth-order valence-electron chi connectivity index (χ4n) is 0.153. The van der Waals surface area contributed by atoms with Gasteiger partial charge in [0.05, 0.1) is 0 Å². The summed E-state index contributed by atoms with van der Waals surface area (Å²) in [5.74, 6) is 2.48. The molecule has 0 aliphatic heterocycles. The van der Waals surface area contributed by atoms with Gasteiger partial charge in [0.1, 0.15) is 0 Å². The second-order valence-electron chi connectivity index (χ2n) is 2.48. The Kier molecular flexibility index (Phi) is 1.71. The number of hydrogen-bond donors (Lipinski definition) is 0. The molecule has 0 saturated carbocycles. The average Bonchev–Trinajstić information content (AvgIpc) is 1.30. The largest absolute Gasteiger partial charge is 0.224 e. The van der Waals surface area contributed by atoms with E-state index < -0.39 is 0 Å². The molecule has 0 aromatic carbocycles. The Hall–Kier alpha value is -0.640. The third-order valence-electron chi connectivity index (χ3n) is 0.426. The van der Waals surface area contributed by atoms with Gasteiger partial charge in [-0.1, -0.05) is 0 Å². The molecule has 1 radical (unpaired) electrons. The second kappa shape index (κ2) is 1.88. The van der Waals surface area contributed by atoms with Crippen LogP contribution in [0.5, 0.6) is 0 Å². The molecule has 0 rings (SSSR count). The first-order chi connectivity index (χ1) is 3.06. The molecule has 0 aromatic rings. The molecule has 0 N–H and O–H groups in total. The molecule has 0 heterocycles. The summed E-state index contributed by atoms with van der Waals surface area (Å²) in [4.78, 5) is 0. The summed E-state index contributed by atoms with van der Waals surface area (Å²) in [7, 11) is 0. The molecule has 0 aromatic heterocycles. The summed E-state index contributed by atoms with van der Waals surface area (Å²) < 4.78 is 0. The molecule has 0 aliphatic rings. The number of rotatable bonds is 0. The van der Waals surface area contributed by atoms with Crippen molar-refractivity contribution in [2.45, 2.75) is 20.8 Å². The summed E-state index contributed by atoms with van der Waals surface area (Å²) in [6.07, 6.45) is 1.61. The van der Waals surface area contributed by atoms with E-state index in [4.69, 9.17) is 0 Å². The molecule has 0 spiro atoms. The van der Waals surface area contributed by atoms with Gasteiger partial charge in [-0.15, -0.1) is 0 Å². The minimum Gasteiger partial charge on any atom is -0.224 e. The normalized spacial score (nSPS) is 9.57. The van der Waals surface area contributed by atoms with Crippen LogP contribution in [0.3, 0.4) is 0 Å². The maximum atomic E-state index is 9.58. The minimum atomic E-state index is -0.123. The molecule has 0 bridgehead atoms. The first-order valence-corrected chi connectivity index (χ1v) is 2.20. The molecule has 39 valence electrons. The van der Waals surface area contributed by atoms with Gasteiger partial charge in [-0.25, -0.2) is 5.11 Å². The van der Waals surface area contributed by atoms with Gasteiger partial charge < -0.3 is 0 Å². The maximum absolute atomic E-state index is 9.58. The van der Waals surface area contributed by atoms with Crippen molar-refractivity contribution in [3.05, 3.63) is 0 Å². The summed E-state index contributed by atoms with van der Waals surface area (Å²) in [5.41, 5.74) is -0.123. The Balaban J connectivity index is 3.72. The lowest BCUT2D eigenvalue weighted by Crippen LogP contribution is -1.98. The molecule has 7 heavy (non-hydrogen) atoms.